The SMILES string of the molecule is CCCCCOC(=O)COC=O.c1ccc(C2CCCCC2)cc1. The Morgan fingerprint density at radius 3 is 2.46 bits per heavy atom. The Labute approximate surface area is 145 Å². The minimum Gasteiger partial charge on any atom is -0.463 e. The fraction of sp³-hybridized carbons (Fsp3) is 0.600. The minimum atomic E-state index is -0.488. The Kier molecular flexibility index (Phi) is 11.4. The molecule has 1 aliphatic carbocycles. The van der Waals surface area contributed by atoms with Gasteiger partial charge in [0, 0.05) is 0 Å². The zero-order valence-electron chi connectivity index (χ0n) is 14.7. The number of rotatable bonds is 8. The summed E-state index contributed by atoms with van der Waals surface area (Å²) in [5.41, 5.74) is 1.55. The van der Waals surface area contributed by atoms with Crippen LogP contribution in [0.15, 0.2) is 30.3 Å². The quantitative estimate of drug-likeness (QED) is 0.395. The fourth-order valence-electron chi connectivity index (χ4n) is 2.84. The number of ether oxygens (including phenoxy) is 2. The van der Waals surface area contributed by atoms with E-state index in [1.54, 1.807) is 5.56 Å². The van der Waals surface area contributed by atoms with E-state index in [9.17, 15) is 9.59 Å². The average Bonchev–Trinajstić information content (AvgIpc) is 2.65. The first-order valence-electron chi connectivity index (χ1n) is 9.03. The first-order valence-corrected chi connectivity index (χ1v) is 9.03. The van der Waals surface area contributed by atoms with Gasteiger partial charge in [0.15, 0.2) is 6.61 Å². The summed E-state index contributed by atoms with van der Waals surface area (Å²) in [4.78, 5) is 20.3. The van der Waals surface area contributed by atoms with E-state index in [1.165, 1.54) is 32.1 Å². The lowest BCUT2D eigenvalue weighted by Gasteiger charge is -2.21. The van der Waals surface area contributed by atoms with Crippen LogP contribution in [0.2, 0.25) is 0 Å². The summed E-state index contributed by atoms with van der Waals surface area (Å²) in [6.45, 7) is 2.43. The molecule has 0 spiro atoms. The third kappa shape index (κ3) is 9.33. The number of hydrogen-bond donors (Lipinski definition) is 0. The highest BCUT2D eigenvalue weighted by Gasteiger charge is 2.14. The van der Waals surface area contributed by atoms with Crippen molar-refractivity contribution >= 4 is 12.4 Å². The topological polar surface area (TPSA) is 52.6 Å². The van der Waals surface area contributed by atoms with Gasteiger partial charge in [-0.1, -0.05) is 69.4 Å². The molecular formula is C20H30O4. The van der Waals surface area contributed by atoms with Crippen LogP contribution in [0.5, 0.6) is 0 Å². The van der Waals surface area contributed by atoms with Crippen molar-refractivity contribution in [3.8, 4) is 0 Å². The molecule has 1 saturated carbocycles. The Balaban J connectivity index is 0.000000240. The van der Waals surface area contributed by atoms with Crippen LogP contribution in [-0.2, 0) is 19.1 Å². The zero-order chi connectivity index (χ0) is 17.5. The lowest BCUT2D eigenvalue weighted by atomic mass is 9.84. The third-order valence-electron chi connectivity index (χ3n) is 4.16. The summed E-state index contributed by atoms with van der Waals surface area (Å²) in [6, 6.07) is 11.0. The van der Waals surface area contributed by atoms with Crippen molar-refractivity contribution in [3.05, 3.63) is 35.9 Å². The Hall–Kier alpha value is -1.84. The van der Waals surface area contributed by atoms with Gasteiger partial charge < -0.3 is 9.47 Å². The lowest BCUT2D eigenvalue weighted by Crippen LogP contribution is -2.12. The maximum atomic E-state index is 10.7. The molecule has 1 aromatic carbocycles. The number of carbonyl (C=O) groups is 2. The van der Waals surface area contributed by atoms with E-state index in [0.717, 1.165) is 25.2 Å². The van der Waals surface area contributed by atoms with E-state index >= 15 is 0 Å². The molecule has 0 heterocycles. The van der Waals surface area contributed by atoms with Gasteiger partial charge in [0.1, 0.15) is 0 Å². The van der Waals surface area contributed by atoms with Crippen LogP contribution in [0.1, 0.15) is 69.8 Å². The van der Waals surface area contributed by atoms with Gasteiger partial charge in [0.2, 0.25) is 0 Å². The number of carbonyl (C=O) groups excluding carboxylic acids is 2. The number of unbranched alkanes of at least 4 members (excludes halogenated alkanes) is 2. The van der Waals surface area contributed by atoms with Gasteiger partial charge in [-0.05, 0) is 30.7 Å². The molecule has 1 fully saturated rings. The van der Waals surface area contributed by atoms with Gasteiger partial charge in [0.05, 0.1) is 6.61 Å². The van der Waals surface area contributed by atoms with Crippen LogP contribution < -0.4 is 0 Å². The average molecular weight is 334 g/mol. The first kappa shape index (κ1) is 20.2. The van der Waals surface area contributed by atoms with Crippen LogP contribution in [0.4, 0.5) is 0 Å². The normalized spacial score (nSPS) is 14.2. The number of esters is 1. The smallest absolute Gasteiger partial charge is 0.344 e. The molecule has 4 heteroatoms. The molecule has 2 rings (SSSR count). The molecule has 0 N–H and O–H groups in total. The molecule has 0 amide bonds. The standard InChI is InChI=1S/C12H16.C8H14O4/c1-3-7-11(8-4-1)12-9-5-2-6-10-12;1-2-3-4-5-12-8(10)6-11-7-9/h1,3-4,7-8,12H,2,5-6,9-10H2;7H,2-6H2,1H3. The minimum absolute atomic E-state index is 0.229. The van der Waals surface area contributed by atoms with Gasteiger partial charge in [-0.15, -0.1) is 0 Å². The molecule has 0 radical (unpaired) electrons. The largest absolute Gasteiger partial charge is 0.463 e. The van der Waals surface area contributed by atoms with E-state index in [-0.39, 0.29) is 13.1 Å². The summed E-state index contributed by atoms with van der Waals surface area (Å²) < 4.78 is 8.92. The van der Waals surface area contributed by atoms with Crippen molar-refractivity contribution in [1.82, 2.24) is 0 Å². The highest BCUT2D eigenvalue weighted by atomic mass is 16.6. The van der Waals surface area contributed by atoms with Crippen molar-refractivity contribution in [2.75, 3.05) is 13.2 Å². The molecule has 0 saturated heterocycles. The predicted octanol–water partition coefficient (Wildman–Crippen LogP) is 4.63. The lowest BCUT2D eigenvalue weighted by molar-refractivity contribution is -0.153. The van der Waals surface area contributed by atoms with Crippen LogP contribution in [0.3, 0.4) is 0 Å². The Morgan fingerprint density at radius 2 is 1.83 bits per heavy atom. The summed E-state index contributed by atoms with van der Waals surface area (Å²) >= 11 is 0. The van der Waals surface area contributed by atoms with Crippen LogP contribution in [0, 0.1) is 0 Å². The second-order valence-corrected chi connectivity index (χ2v) is 6.08. The zero-order valence-corrected chi connectivity index (χ0v) is 14.7. The predicted molar refractivity (Wildman–Crippen MR) is 94.8 cm³/mol. The summed E-state index contributed by atoms with van der Waals surface area (Å²) in [5.74, 6) is 0.373. The number of benzene rings is 1. The van der Waals surface area contributed by atoms with E-state index in [0.29, 0.717) is 6.61 Å². The molecule has 24 heavy (non-hydrogen) atoms. The molecule has 0 bridgehead atoms. The molecule has 0 aliphatic heterocycles. The molecule has 1 aliphatic rings. The maximum absolute atomic E-state index is 10.7. The van der Waals surface area contributed by atoms with Crippen molar-refractivity contribution in [1.29, 1.82) is 0 Å². The fourth-order valence-corrected chi connectivity index (χ4v) is 2.84. The van der Waals surface area contributed by atoms with Crippen molar-refractivity contribution in [2.24, 2.45) is 0 Å². The highest BCUT2D eigenvalue weighted by molar-refractivity contribution is 5.71. The van der Waals surface area contributed by atoms with Crippen LogP contribution >= 0.6 is 0 Å². The molecule has 0 aromatic heterocycles. The van der Waals surface area contributed by atoms with Crippen LogP contribution in [0.25, 0.3) is 0 Å². The Morgan fingerprint density at radius 1 is 1.12 bits per heavy atom. The molecule has 1 aromatic rings. The molecular weight excluding hydrogens is 304 g/mol. The van der Waals surface area contributed by atoms with Gasteiger partial charge in [0.25, 0.3) is 6.47 Å². The first-order chi connectivity index (χ1) is 11.8. The van der Waals surface area contributed by atoms with Crippen molar-refractivity contribution in [3.63, 3.8) is 0 Å². The second kappa shape index (κ2) is 13.6. The summed E-state index contributed by atoms with van der Waals surface area (Å²) in [5, 5.41) is 0. The van der Waals surface area contributed by atoms with E-state index < -0.39 is 5.97 Å². The highest BCUT2D eigenvalue weighted by Crippen LogP contribution is 2.32. The second-order valence-electron chi connectivity index (χ2n) is 6.08. The molecule has 134 valence electrons. The van der Waals surface area contributed by atoms with E-state index in [1.807, 2.05) is 0 Å². The van der Waals surface area contributed by atoms with Crippen molar-refractivity contribution in [2.45, 2.75) is 64.2 Å². The summed E-state index contributed by atoms with van der Waals surface area (Å²) in [6.07, 6.45) is 10.1. The Bertz CT molecular complexity index is 438. The van der Waals surface area contributed by atoms with Crippen molar-refractivity contribution < 1.29 is 19.1 Å². The number of hydrogen-bond acceptors (Lipinski definition) is 4. The summed E-state index contributed by atoms with van der Waals surface area (Å²) in [7, 11) is 0. The van der Waals surface area contributed by atoms with E-state index in [4.69, 9.17) is 4.74 Å². The van der Waals surface area contributed by atoms with Gasteiger partial charge in [-0.25, -0.2) is 4.79 Å². The molecule has 0 atom stereocenters. The monoisotopic (exact) mass is 334 g/mol. The van der Waals surface area contributed by atoms with Gasteiger partial charge in [-0.3, -0.25) is 4.79 Å². The van der Waals surface area contributed by atoms with Gasteiger partial charge >= 0.3 is 5.97 Å². The van der Waals surface area contributed by atoms with Crippen LogP contribution in [-0.4, -0.2) is 25.7 Å². The molecule has 4 nitrogen and oxygen atoms in total. The maximum Gasteiger partial charge on any atom is 0.344 e. The molecule has 0 unspecified atom stereocenters. The van der Waals surface area contributed by atoms with E-state index in [2.05, 4.69) is 42.0 Å². The third-order valence-corrected chi connectivity index (χ3v) is 4.16. The van der Waals surface area contributed by atoms with Gasteiger partial charge in [-0.2, -0.15) is 0 Å².